The fraction of sp³-hybridized carbons (Fsp3) is 0.444. The summed E-state index contributed by atoms with van der Waals surface area (Å²) in [4.78, 5) is 39.4. The lowest BCUT2D eigenvalue weighted by molar-refractivity contribution is -0.150. The Balaban J connectivity index is 1.61. The summed E-state index contributed by atoms with van der Waals surface area (Å²) in [5.74, 6) is -3.36. The lowest BCUT2D eigenvalue weighted by Crippen LogP contribution is -2.47. The van der Waals surface area contributed by atoms with Gasteiger partial charge in [-0.25, -0.2) is 13.6 Å². The number of benzene rings is 2. The maximum Gasteiger partial charge on any atom is 0.329 e. The first kappa shape index (κ1) is 26.3. The van der Waals surface area contributed by atoms with Gasteiger partial charge in [0, 0.05) is 31.0 Å². The lowest BCUT2D eigenvalue weighted by atomic mass is 10.0. The van der Waals surface area contributed by atoms with E-state index in [1.54, 1.807) is 0 Å². The van der Waals surface area contributed by atoms with E-state index in [-0.39, 0.29) is 43.4 Å². The van der Waals surface area contributed by atoms with Crippen LogP contribution >= 0.6 is 0 Å². The number of carbonyl (C=O) groups excluding carboxylic acids is 3. The molecule has 35 heavy (non-hydrogen) atoms. The van der Waals surface area contributed by atoms with E-state index in [0.717, 1.165) is 22.8 Å². The minimum atomic E-state index is -0.998. The molecule has 1 heterocycles. The first-order chi connectivity index (χ1) is 16.6. The molecule has 0 spiro atoms. The number of carbonyl (C=O) groups is 3. The summed E-state index contributed by atoms with van der Waals surface area (Å²) in [6, 6.07) is 8.28. The van der Waals surface area contributed by atoms with Crippen LogP contribution in [0.1, 0.15) is 55.4 Å². The van der Waals surface area contributed by atoms with Crippen molar-refractivity contribution in [3.8, 4) is 0 Å². The molecule has 188 valence electrons. The topological polar surface area (TPSA) is 75.7 Å². The first-order valence-electron chi connectivity index (χ1n) is 11.8. The van der Waals surface area contributed by atoms with Crippen LogP contribution in [0, 0.1) is 31.4 Å². The van der Waals surface area contributed by atoms with Crippen molar-refractivity contribution in [2.75, 3.05) is 0 Å². The minimum absolute atomic E-state index is 0.0455. The van der Waals surface area contributed by atoms with Crippen LogP contribution in [-0.4, -0.2) is 34.8 Å². The molecule has 0 saturated carbocycles. The van der Waals surface area contributed by atoms with Gasteiger partial charge in [-0.2, -0.15) is 0 Å². The third-order valence-corrected chi connectivity index (χ3v) is 6.57. The Bertz CT molecular complexity index is 1100. The van der Waals surface area contributed by atoms with Gasteiger partial charge in [-0.1, -0.05) is 44.2 Å². The van der Waals surface area contributed by atoms with Gasteiger partial charge in [0.15, 0.2) is 11.6 Å². The molecule has 1 aliphatic heterocycles. The average Bonchev–Trinajstić information content (AvgIpc) is 3.14. The molecule has 0 aliphatic carbocycles. The van der Waals surface area contributed by atoms with Gasteiger partial charge in [0.1, 0.15) is 12.6 Å². The second-order valence-electron chi connectivity index (χ2n) is 9.39. The molecule has 2 aromatic rings. The van der Waals surface area contributed by atoms with Crippen LogP contribution < -0.4 is 5.32 Å². The number of nitrogens with one attached hydrogen (secondary N) is 1. The highest BCUT2D eigenvalue weighted by Crippen LogP contribution is 2.25. The van der Waals surface area contributed by atoms with Crippen LogP contribution in [0.4, 0.5) is 8.78 Å². The zero-order valence-electron chi connectivity index (χ0n) is 20.6. The second-order valence-corrected chi connectivity index (χ2v) is 9.39. The maximum atomic E-state index is 14.1. The highest BCUT2D eigenvalue weighted by Gasteiger charge is 2.34. The molecule has 1 N–H and O–H groups in total. The summed E-state index contributed by atoms with van der Waals surface area (Å²) in [7, 11) is 0. The van der Waals surface area contributed by atoms with E-state index in [2.05, 4.69) is 5.32 Å². The van der Waals surface area contributed by atoms with Crippen molar-refractivity contribution in [3.05, 3.63) is 70.3 Å². The Labute approximate surface area is 204 Å². The van der Waals surface area contributed by atoms with E-state index >= 15 is 0 Å². The summed E-state index contributed by atoms with van der Waals surface area (Å²) in [5.41, 5.74) is 3.10. The van der Waals surface area contributed by atoms with Crippen molar-refractivity contribution < 1.29 is 27.9 Å². The van der Waals surface area contributed by atoms with Crippen LogP contribution in [-0.2, 0) is 32.3 Å². The summed E-state index contributed by atoms with van der Waals surface area (Å²) >= 11 is 0. The fourth-order valence-electron chi connectivity index (χ4n) is 4.23. The highest BCUT2D eigenvalue weighted by molar-refractivity contribution is 5.86. The van der Waals surface area contributed by atoms with Crippen LogP contribution in [0.5, 0.6) is 0 Å². The quantitative estimate of drug-likeness (QED) is 0.535. The molecular weight excluding hydrogens is 454 g/mol. The predicted octanol–water partition coefficient (Wildman–Crippen LogP) is 4.35. The zero-order chi connectivity index (χ0) is 25.7. The largest absolute Gasteiger partial charge is 0.459 e. The van der Waals surface area contributed by atoms with Gasteiger partial charge in [0.25, 0.3) is 0 Å². The van der Waals surface area contributed by atoms with E-state index in [1.165, 1.54) is 17.0 Å². The molecule has 2 amide bonds. The molecule has 1 saturated heterocycles. The summed E-state index contributed by atoms with van der Waals surface area (Å²) in [6.45, 7) is 7.55. The molecule has 0 unspecified atom stereocenters. The molecule has 0 radical (unpaired) electrons. The standard InChI is InChI=1S/C27H32F2N2O4/c1-16(2)26(27(34)35-15-20-9-5-7-17(3)18(20)4)30-23(32)13-21-11-12-24(33)31(21)14-19-8-6-10-22(28)25(19)29/h5-10,16,21,26H,11-15H2,1-4H3,(H,30,32)/t21-,26-/m0/s1. The number of nitrogens with zero attached hydrogens (tertiary/aromatic N) is 1. The predicted molar refractivity (Wildman–Crippen MR) is 127 cm³/mol. The van der Waals surface area contributed by atoms with Gasteiger partial charge in [0.05, 0.1) is 0 Å². The number of amides is 2. The highest BCUT2D eigenvalue weighted by atomic mass is 19.2. The fourth-order valence-corrected chi connectivity index (χ4v) is 4.23. The SMILES string of the molecule is Cc1cccc(COC(=O)[C@@H](NC(=O)C[C@@H]2CCC(=O)N2Cc2cccc(F)c2F)C(C)C)c1C. The average molecular weight is 487 g/mol. The normalized spacial score (nSPS) is 16.5. The second kappa shape index (κ2) is 11.4. The number of hydrogen-bond acceptors (Lipinski definition) is 4. The smallest absolute Gasteiger partial charge is 0.329 e. The number of hydrogen-bond donors (Lipinski definition) is 1. The Morgan fingerprint density at radius 1 is 1.11 bits per heavy atom. The van der Waals surface area contributed by atoms with E-state index < -0.39 is 35.6 Å². The number of ether oxygens (including phenoxy) is 1. The summed E-state index contributed by atoms with van der Waals surface area (Å²) in [5, 5.41) is 2.74. The third-order valence-electron chi connectivity index (χ3n) is 6.57. The van der Waals surface area contributed by atoms with Gasteiger partial charge in [0.2, 0.25) is 11.8 Å². The summed E-state index contributed by atoms with van der Waals surface area (Å²) in [6.07, 6.45) is 0.600. The van der Waals surface area contributed by atoms with Crippen molar-refractivity contribution in [3.63, 3.8) is 0 Å². The molecule has 3 rings (SSSR count). The van der Waals surface area contributed by atoms with E-state index in [0.29, 0.717) is 6.42 Å². The van der Waals surface area contributed by atoms with Crippen LogP contribution in [0.2, 0.25) is 0 Å². The molecule has 6 nitrogen and oxygen atoms in total. The van der Waals surface area contributed by atoms with E-state index in [1.807, 2.05) is 45.9 Å². The maximum absolute atomic E-state index is 14.1. The van der Waals surface area contributed by atoms with Crippen molar-refractivity contribution in [2.24, 2.45) is 5.92 Å². The molecular formula is C27H32F2N2O4. The van der Waals surface area contributed by atoms with Crippen molar-refractivity contribution >= 4 is 17.8 Å². The molecule has 0 aromatic heterocycles. The van der Waals surface area contributed by atoms with Crippen LogP contribution in [0.15, 0.2) is 36.4 Å². The van der Waals surface area contributed by atoms with Crippen molar-refractivity contribution in [1.82, 2.24) is 10.2 Å². The molecule has 2 aromatic carbocycles. The number of rotatable bonds is 9. The monoisotopic (exact) mass is 486 g/mol. The Morgan fingerprint density at radius 2 is 1.80 bits per heavy atom. The zero-order valence-corrected chi connectivity index (χ0v) is 20.6. The Morgan fingerprint density at radius 3 is 2.51 bits per heavy atom. The van der Waals surface area contributed by atoms with Crippen LogP contribution in [0.25, 0.3) is 0 Å². The number of likely N-dealkylation sites (tertiary alicyclic amines) is 1. The number of halogens is 2. The Kier molecular flexibility index (Phi) is 8.59. The van der Waals surface area contributed by atoms with Gasteiger partial charge in [-0.05, 0) is 48.9 Å². The van der Waals surface area contributed by atoms with Gasteiger partial charge in [-0.15, -0.1) is 0 Å². The number of aryl methyl sites for hydroxylation is 1. The molecule has 8 heteroatoms. The molecule has 0 bridgehead atoms. The molecule has 1 aliphatic rings. The van der Waals surface area contributed by atoms with E-state index in [4.69, 9.17) is 4.74 Å². The molecule has 1 fully saturated rings. The molecule has 2 atom stereocenters. The van der Waals surface area contributed by atoms with Gasteiger partial charge < -0.3 is 15.0 Å². The van der Waals surface area contributed by atoms with Gasteiger partial charge >= 0.3 is 5.97 Å². The van der Waals surface area contributed by atoms with E-state index in [9.17, 15) is 23.2 Å². The lowest BCUT2D eigenvalue weighted by Gasteiger charge is -2.26. The van der Waals surface area contributed by atoms with Crippen LogP contribution in [0.3, 0.4) is 0 Å². The number of esters is 1. The first-order valence-corrected chi connectivity index (χ1v) is 11.8. The minimum Gasteiger partial charge on any atom is -0.459 e. The Hall–Kier alpha value is -3.29. The van der Waals surface area contributed by atoms with Crippen molar-refractivity contribution in [1.29, 1.82) is 0 Å². The van der Waals surface area contributed by atoms with Crippen molar-refractivity contribution in [2.45, 2.75) is 72.2 Å². The summed E-state index contributed by atoms with van der Waals surface area (Å²) < 4.78 is 33.2. The van der Waals surface area contributed by atoms with Gasteiger partial charge in [-0.3, -0.25) is 9.59 Å². The third kappa shape index (κ3) is 6.44.